The van der Waals surface area contributed by atoms with Gasteiger partial charge in [0.1, 0.15) is 0 Å². The van der Waals surface area contributed by atoms with Crippen LogP contribution in [0, 0.1) is 13.8 Å². The van der Waals surface area contributed by atoms with Crippen LogP contribution < -0.4 is 5.14 Å². The minimum Gasteiger partial charge on any atom is -0.291 e. The molecule has 0 amide bonds. The van der Waals surface area contributed by atoms with E-state index in [1.165, 1.54) is 15.2 Å². The molecule has 0 bridgehead atoms. The van der Waals surface area contributed by atoms with E-state index in [4.69, 9.17) is 5.14 Å². The maximum atomic E-state index is 5.99. The van der Waals surface area contributed by atoms with Crippen molar-refractivity contribution < 1.29 is 0 Å². The summed E-state index contributed by atoms with van der Waals surface area (Å²) in [4.78, 5) is 5.60. The van der Waals surface area contributed by atoms with Crippen molar-refractivity contribution in [2.24, 2.45) is 5.14 Å². The summed E-state index contributed by atoms with van der Waals surface area (Å²) in [7, 11) is -1.02. The Hall–Kier alpha value is -1.36. The van der Waals surface area contributed by atoms with Gasteiger partial charge in [-0.15, -0.1) is 11.3 Å². The average molecular weight is 319 g/mol. The highest BCUT2D eigenvalue weighted by atomic mass is 32.3. The fourth-order valence-corrected chi connectivity index (χ4v) is 3.54. The molecule has 3 aromatic rings. The first kappa shape index (κ1) is 16.0. The standard InChI is InChI=1S/C9H15NS.C8H7NS/c1-8-4-6-9(7-5-8)11(2,3)10;1-6-9-7-4-2-3-5-8(7)10-6/h4-7H,10H2,1-3H3;2-5H,1H3. The number of fused-ring (bicyclic) bond motifs is 1. The third-order valence-electron chi connectivity index (χ3n) is 3.03. The Morgan fingerprint density at radius 3 is 2.14 bits per heavy atom. The van der Waals surface area contributed by atoms with Crippen molar-refractivity contribution in [3.8, 4) is 0 Å². The lowest BCUT2D eigenvalue weighted by Gasteiger charge is -2.25. The van der Waals surface area contributed by atoms with Crippen molar-refractivity contribution in [2.45, 2.75) is 18.7 Å². The number of aryl methyl sites for hydroxylation is 2. The van der Waals surface area contributed by atoms with Gasteiger partial charge in [0.05, 0.1) is 15.2 Å². The van der Waals surface area contributed by atoms with Crippen LogP contribution in [0.2, 0.25) is 0 Å². The molecule has 0 aliphatic carbocycles. The van der Waals surface area contributed by atoms with Crippen molar-refractivity contribution in [2.75, 3.05) is 12.5 Å². The highest BCUT2D eigenvalue weighted by Crippen LogP contribution is 2.40. The first-order valence-corrected chi connectivity index (χ1v) is 10.1. The number of rotatable bonds is 1. The lowest BCUT2D eigenvalue weighted by molar-refractivity contribution is 1.35. The van der Waals surface area contributed by atoms with Crippen LogP contribution in [0.15, 0.2) is 53.4 Å². The molecule has 0 unspecified atom stereocenters. The second kappa shape index (κ2) is 6.60. The van der Waals surface area contributed by atoms with E-state index in [2.05, 4.69) is 54.8 Å². The number of hydrogen-bond acceptors (Lipinski definition) is 3. The summed E-state index contributed by atoms with van der Waals surface area (Å²) in [6, 6.07) is 16.6. The van der Waals surface area contributed by atoms with Crippen molar-refractivity contribution >= 4 is 31.8 Å². The molecule has 0 aliphatic heterocycles. The van der Waals surface area contributed by atoms with E-state index < -0.39 is 10.2 Å². The highest BCUT2D eigenvalue weighted by Gasteiger charge is 2.06. The van der Waals surface area contributed by atoms with E-state index in [1.54, 1.807) is 11.3 Å². The van der Waals surface area contributed by atoms with Crippen LogP contribution in [-0.4, -0.2) is 17.5 Å². The predicted octanol–water partition coefficient (Wildman–Crippen LogP) is 4.90. The predicted molar refractivity (Wildman–Crippen MR) is 97.4 cm³/mol. The lowest BCUT2D eigenvalue weighted by atomic mass is 10.2. The van der Waals surface area contributed by atoms with Crippen LogP contribution in [0.25, 0.3) is 10.2 Å². The third-order valence-corrected chi connectivity index (χ3v) is 5.47. The Morgan fingerprint density at radius 2 is 1.57 bits per heavy atom. The number of nitrogens with zero attached hydrogens (tertiary/aromatic N) is 1. The van der Waals surface area contributed by atoms with E-state index in [0.717, 1.165) is 10.5 Å². The fourth-order valence-electron chi connectivity index (χ4n) is 1.88. The summed E-state index contributed by atoms with van der Waals surface area (Å²) in [5.41, 5.74) is 2.41. The van der Waals surface area contributed by atoms with Crippen LogP contribution in [0.5, 0.6) is 0 Å². The first-order chi connectivity index (χ1) is 9.86. The molecule has 2 aromatic carbocycles. The van der Waals surface area contributed by atoms with E-state index in [0.29, 0.717) is 0 Å². The SMILES string of the molecule is Cc1ccc(S(C)(C)N)cc1.Cc1nc2ccccc2s1. The number of nitrogens with two attached hydrogens (primary N) is 1. The second-order valence-corrected chi connectivity index (χ2v) is 9.94. The highest BCUT2D eigenvalue weighted by molar-refractivity contribution is 8.30. The fraction of sp³-hybridized carbons (Fsp3) is 0.235. The topological polar surface area (TPSA) is 38.9 Å². The smallest absolute Gasteiger partial charge is 0.0907 e. The van der Waals surface area contributed by atoms with Gasteiger partial charge in [-0.2, -0.15) is 10.2 Å². The molecule has 3 rings (SSSR count). The Kier molecular flexibility index (Phi) is 5.04. The van der Waals surface area contributed by atoms with Crippen molar-refractivity contribution in [1.29, 1.82) is 0 Å². The summed E-state index contributed by atoms with van der Waals surface area (Å²) in [5.74, 6) is 0. The normalized spacial score (nSPS) is 11.9. The molecule has 21 heavy (non-hydrogen) atoms. The summed E-state index contributed by atoms with van der Waals surface area (Å²) in [6.07, 6.45) is 4.19. The van der Waals surface area contributed by atoms with Gasteiger partial charge in [-0.1, -0.05) is 29.8 Å². The first-order valence-electron chi connectivity index (χ1n) is 6.76. The molecular weight excluding hydrogens is 296 g/mol. The summed E-state index contributed by atoms with van der Waals surface area (Å²) in [5, 5.41) is 7.13. The van der Waals surface area contributed by atoms with E-state index in [9.17, 15) is 0 Å². The molecule has 1 aromatic heterocycles. The quantitative estimate of drug-likeness (QED) is 0.693. The molecular formula is C17H22N2S2. The lowest BCUT2D eigenvalue weighted by Crippen LogP contribution is -2.06. The van der Waals surface area contributed by atoms with Crippen molar-refractivity contribution in [3.05, 3.63) is 59.1 Å². The van der Waals surface area contributed by atoms with Crippen LogP contribution in [0.1, 0.15) is 10.6 Å². The van der Waals surface area contributed by atoms with E-state index in [-0.39, 0.29) is 0 Å². The Morgan fingerprint density at radius 1 is 0.952 bits per heavy atom. The maximum absolute atomic E-state index is 5.99. The number of para-hydroxylation sites is 1. The summed E-state index contributed by atoms with van der Waals surface area (Å²) < 4.78 is 1.28. The van der Waals surface area contributed by atoms with E-state index in [1.807, 2.05) is 25.1 Å². The zero-order chi connectivity index (χ0) is 15.5. The van der Waals surface area contributed by atoms with Gasteiger partial charge in [-0.05, 0) is 50.6 Å². The van der Waals surface area contributed by atoms with Gasteiger partial charge in [0.25, 0.3) is 0 Å². The summed E-state index contributed by atoms with van der Waals surface area (Å²) in [6.45, 7) is 4.12. The Labute approximate surface area is 132 Å². The molecule has 0 aliphatic rings. The minimum atomic E-state index is -1.02. The molecule has 0 spiro atoms. The number of hydrogen-bond donors (Lipinski definition) is 1. The molecule has 0 radical (unpaired) electrons. The molecule has 112 valence electrons. The van der Waals surface area contributed by atoms with Crippen LogP contribution >= 0.6 is 21.6 Å². The maximum Gasteiger partial charge on any atom is 0.0907 e. The van der Waals surface area contributed by atoms with Gasteiger partial charge in [0, 0.05) is 4.90 Å². The molecule has 0 fully saturated rings. The van der Waals surface area contributed by atoms with Gasteiger partial charge in [0.2, 0.25) is 0 Å². The van der Waals surface area contributed by atoms with Crippen molar-refractivity contribution in [3.63, 3.8) is 0 Å². The number of aromatic nitrogens is 1. The van der Waals surface area contributed by atoms with Crippen molar-refractivity contribution in [1.82, 2.24) is 4.98 Å². The van der Waals surface area contributed by atoms with Crippen LogP contribution in [0.3, 0.4) is 0 Å². The Balaban J connectivity index is 0.000000154. The largest absolute Gasteiger partial charge is 0.291 e. The third kappa shape index (κ3) is 4.56. The zero-order valence-corrected chi connectivity index (χ0v) is 14.6. The zero-order valence-electron chi connectivity index (χ0n) is 13.0. The molecule has 0 saturated heterocycles. The molecule has 2 nitrogen and oxygen atoms in total. The average Bonchev–Trinajstić information content (AvgIpc) is 2.79. The molecule has 1 heterocycles. The van der Waals surface area contributed by atoms with E-state index >= 15 is 0 Å². The second-order valence-electron chi connectivity index (χ2n) is 5.42. The molecule has 0 saturated carbocycles. The van der Waals surface area contributed by atoms with Gasteiger partial charge < -0.3 is 0 Å². The van der Waals surface area contributed by atoms with Gasteiger partial charge in [0.15, 0.2) is 0 Å². The van der Waals surface area contributed by atoms with Gasteiger partial charge in [-0.3, -0.25) is 5.14 Å². The van der Waals surface area contributed by atoms with Gasteiger partial charge in [-0.25, -0.2) is 4.98 Å². The van der Waals surface area contributed by atoms with Crippen LogP contribution in [-0.2, 0) is 0 Å². The monoisotopic (exact) mass is 318 g/mol. The number of benzene rings is 2. The summed E-state index contributed by atoms with van der Waals surface area (Å²) >= 11 is 1.74. The van der Waals surface area contributed by atoms with Gasteiger partial charge >= 0.3 is 0 Å². The van der Waals surface area contributed by atoms with Crippen LogP contribution in [0.4, 0.5) is 0 Å². The Bertz CT molecular complexity index is 676. The number of thiazole rings is 1. The molecule has 4 heteroatoms. The molecule has 0 atom stereocenters. The minimum absolute atomic E-state index is 1.02. The molecule has 2 N–H and O–H groups in total.